The van der Waals surface area contributed by atoms with Crippen LogP contribution in [0.2, 0.25) is 0 Å². The van der Waals surface area contributed by atoms with E-state index in [-0.39, 0.29) is 0 Å². The van der Waals surface area contributed by atoms with Crippen molar-refractivity contribution in [2.24, 2.45) is 0 Å². The van der Waals surface area contributed by atoms with Crippen LogP contribution in [0.5, 0.6) is 0 Å². The minimum atomic E-state index is 1.02. The Kier molecular flexibility index (Phi) is 4.86. The fourth-order valence-corrected chi connectivity index (χ4v) is 4.43. The van der Waals surface area contributed by atoms with Crippen molar-refractivity contribution in [2.75, 3.05) is 19.0 Å². The van der Waals surface area contributed by atoms with E-state index in [1.54, 1.807) is 0 Å². The third-order valence-corrected chi connectivity index (χ3v) is 5.92. The molecule has 0 aromatic heterocycles. The topological polar surface area (TPSA) is 3.24 Å². The van der Waals surface area contributed by atoms with Crippen molar-refractivity contribution in [3.8, 4) is 0 Å². The van der Waals surface area contributed by atoms with Crippen LogP contribution in [0.4, 0.5) is 5.69 Å². The molecule has 3 aromatic carbocycles. The summed E-state index contributed by atoms with van der Waals surface area (Å²) in [6.07, 6.45) is 6.68. The molecule has 0 saturated heterocycles. The van der Waals surface area contributed by atoms with Gasteiger partial charge in [0.25, 0.3) is 0 Å². The Morgan fingerprint density at radius 1 is 0.885 bits per heavy atom. The standard InChI is InChI=1S/C24H22IN/c1-26(2)21-13-10-17(11-14-21)15-18-9-12-20(16-18)22-7-3-5-19-6-4-8-23(25)24(19)22/h3-14H,15-16H2,1-2H3. The number of hydrogen-bond acceptors (Lipinski definition) is 1. The highest BCUT2D eigenvalue weighted by Crippen LogP contribution is 2.35. The van der Waals surface area contributed by atoms with Crippen molar-refractivity contribution >= 4 is 44.6 Å². The zero-order chi connectivity index (χ0) is 18.1. The molecule has 2 heteroatoms. The Bertz CT molecular complexity index is 1000. The predicted molar refractivity (Wildman–Crippen MR) is 122 cm³/mol. The highest BCUT2D eigenvalue weighted by Gasteiger charge is 2.14. The van der Waals surface area contributed by atoms with E-state index < -0.39 is 0 Å². The van der Waals surface area contributed by atoms with Gasteiger partial charge in [-0.2, -0.15) is 0 Å². The van der Waals surface area contributed by atoms with Gasteiger partial charge in [0.05, 0.1) is 0 Å². The number of anilines is 1. The summed E-state index contributed by atoms with van der Waals surface area (Å²) in [4.78, 5) is 2.14. The second-order valence-corrected chi connectivity index (χ2v) is 8.24. The molecule has 0 spiro atoms. The summed E-state index contributed by atoms with van der Waals surface area (Å²) in [5.41, 5.74) is 6.92. The number of halogens is 1. The lowest BCUT2D eigenvalue weighted by Gasteiger charge is -2.13. The molecule has 0 N–H and O–H groups in total. The van der Waals surface area contributed by atoms with Crippen LogP contribution in [-0.2, 0) is 6.42 Å². The van der Waals surface area contributed by atoms with E-state index in [1.165, 1.54) is 42.3 Å². The Balaban J connectivity index is 1.53. The van der Waals surface area contributed by atoms with E-state index in [1.807, 2.05) is 0 Å². The van der Waals surface area contributed by atoms with E-state index in [4.69, 9.17) is 0 Å². The maximum Gasteiger partial charge on any atom is 0.0361 e. The molecule has 1 nitrogen and oxygen atoms in total. The van der Waals surface area contributed by atoms with Gasteiger partial charge in [-0.15, -0.1) is 0 Å². The van der Waals surface area contributed by atoms with Crippen LogP contribution in [-0.4, -0.2) is 14.1 Å². The van der Waals surface area contributed by atoms with E-state index in [9.17, 15) is 0 Å². The van der Waals surface area contributed by atoms with Gasteiger partial charge in [-0.1, -0.05) is 60.2 Å². The highest BCUT2D eigenvalue weighted by molar-refractivity contribution is 14.1. The number of hydrogen-bond donors (Lipinski definition) is 0. The molecule has 0 unspecified atom stereocenters. The first kappa shape index (κ1) is 17.3. The minimum absolute atomic E-state index is 1.02. The lowest BCUT2D eigenvalue weighted by Crippen LogP contribution is -2.08. The second kappa shape index (κ2) is 7.28. The zero-order valence-corrected chi connectivity index (χ0v) is 17.3. The van der Waals surface area contributed by atoms with Gasteiger partial charge in [-0.05, 0) is 75.7 Å². The van der Waals surface area contributed by atoms with Crippen LogP contribution >= 0.6 is 22.6 Å². The highest BCUT2D eigenvalue weighted by atomic mass is 127. The smallest absolute Gasteiger partial charge is 0.0361 e. The Hall–Kier alpha value is -2.07. The third-order valence-electron chi connectivity index (χ3n) is 5.02. The first-order chi connectivity index (χ1) is 12.6. The second-order valence-electron chi connectivity index (χ2n) is 7.07. The molecular weight excluding hydrogens is 429 g/mol. The van der Waals surface area contributed by atoms with Crippen LogP contribution < -0.4 is 4.90 Å². The van der Waals surface area contributed by atoms with Crippen molar-refractivity contribution in [3.63, 3.8) is 0 Å². The lowest BCUT2D eigenvalue weighted by molar-refractivity contribution is 1.08. The van der Waals surface area contributed by atoms with Crippen molar-refractivity contribution in [1.82, 2.24) is 0 Å². The fraction of sp³-hybridized carbons (Fsp3) is 0.167. The van der Waals surface area contributed by atoms with Gasteiger partial charge in [0.15, 0.2) is 0 Å². The zero-order valence-electron chi connectivity index (χ0n) is 15.2. The van der Waals surface area contributed by atoms with Crippen LogP contribution in [0.1, 0.15) is 17.5 Å². The summed E-state index contributed by atoms with van der Waals surface area (Å²) in [5.74, 6) is 0. The molecule has 0 fully saturated rings. The molecule has 0 radical (unpaired) electrons. The molecule has 4 rings (SSSR count). The number of allylic oxidation sites excluding steroid dienone is 4. The van der Waals surface area contributed by atoms with E-state index in [0.29, 0.717) is 0 Å². The SMILES string of the molecule is CN(C)c1ccc(CC2=CC=C(c3cccc4cccc(I)c34)C2)cc1. The maximum atomic E-state index is 2.45. The molecule has 26 heavy (non-hydrogen) atoms. The Morgan fingerprint density at radius 3 is 2.35 bits per heavy atom. The molecule has 130 valence electrons. The largest absolute Gasteiger partial charge is 0.378 e. The number of nitrogens with zero attached hydrogens (tertiary/aromatic N) is 1. The molecule has 3 aromatic rings. The molecule has 0 bridgehead atoms. The van der Waals surface area contributed by atoms with Gasteiger partial charge in [-0.3, -0.25) is 0 Å². The molecular formula is C24H22IN. The van der Waals surface area contributed by atoms with Crippen LogP contribution in [0.15, 0.2) is 78.4 Å². The van der Waals surface area contributed by atoms with E-state index in [0.717, 1.165) is 12.8 Å². The monoisotopic (exact) mass is 451 g/mol. The average Bonchev–Trinajstić information content (AvgIpc) is 3.10. The third kappa shape index (κ3) is 3.43. The van der Waals surface area contributed by atoms with Gasteiger partial charge in [0.1, 0.15) is 0 Å². The normalized spacial score (nSPS) is 13.7. The van der Waals surface area contributed by atoms with Gasteiger partial charge in [-0.25, -0.2) is 0 Å². The summed E-state index contributed by atoms with van der Waals surface area (Å²) < 4.78 is 1.32. The number of benzene rings is 3. The van der Waals surface area contributed by atoms with E-state index in [2.05, 4.69) is 114 Å². The fourth-order valence-electron chi connectivity index (χ4n) is 3.62. The molecule has 1 aliphatic carbocycles. The van der Waals surface area contributed by atoms with Crippen molar-refractivity contribution < 1.29 is 0 Å². The summed E-state index contributed by atoms with van der Waals surface area (Å²) in [6, 6.07) is 22.1. The molecule has 0 heterocycles. The van der Waals surface area contributed by atoms with Crippen molar-refractivity contribution in [2.45, 2.75) is 12.8 Å². The maximum absolute atomic E-state index is 2.45. The molecule has 0 saturated carbocycles. The van der Waals surface area contributed by atoms with Gasteiger partial charge in [0.2, 0.25) is 0 Å². The summed E-state index contributed by atoms with van der Waals surface area (Å²) in [7, 11) is 4.16. The van der Waals surface area contributed by atoms with E-state index >= 15 is 0 Å². The quantitative estimate of drug-likeness (QED) is 0.411. The van der Waals surface area contributed by atoms with Crippen LogP contribution in [0, 0.1) is 3.57 Å². The van der Waals surface area contributed by atoms with Crippen molar-refractivity contribution in [3.05, 3.63) is 93.1 Å². The molecule has 0 amide bonds. The number of rotatable bonds is 4. The Labute approximate surface area is 169 Å². The average molecular weight is 451 g/mol. The van der Waals surface area contributed by atoms with Gasteiger partial charge in [0, 0.05) is 28.7 Å². The van der Waals surface area contributed by atoms with Crippen LogP contribution in [0.25, 0.3) is 16.3 Å². The van der Waals surface area contributed by atoms with Gasteiger partial charge >= 0.3 is 0 Å². The van der Waals surface area contributed by atoms with Crippen LogP contribution in [0.3, 0.4) is 0 Å². The van der Waals surface area contributed by atoms with Crippen molar-refractivity contribution in [1.29, 1.82) is 0 Å². The molecule has 0 aliphatic heterocycles. The molecule has 0 atom stereocenters. The first-order valence-corrected chi connectivity index (χ1v) is 10.0. The first-order valence-electron chi connectivity index (χ1n) is 8.94. The minimum Gasteiger partial charge on any atom is -0.378 e. The summed E-state index contributed by atoms with van der Waals surface area (Å²) in [6.45, 7) is 0. The predicted octanol–water partition coefficient (Wildman–Crippen LogP) is 6.47. The number of fused-ring (bicyclic) bond motifs is 1. The summed E-state index contributed by atoms with van der Waals surface area (Å²) >= 11 is 2.45. The molecule has 1 aliphatic rings. The summed E-state index contributed by atoms with van der Waals surface area (Å²) in [5, 5.41) is 2.70. The Morgan fingerprint density at radius 2 is 1.62 bits per heavy atom. The lowest BCUT2D eigenvalue weighted by atomic mass is 9.95. The van der Waals surface area contributed by atoms with Gasteiger partial charge < -0.3 is 4.90 Å².